The van der Waals surface area contributed by atoms with E-state index in [1.54, 1.807) is 26.2 Å². The fourth-order valence-corrected chi connectivity index (χ4v) is 1.68. The van der Waals surface area contributed by atoms with Crippen molar-refractivity contribution in [1.82, 2.24) is 9.97 Å². The van der Waals surface area contributed by atoms with Gasteiger partial charge in [-0.3, -0.25) is 0 Å². The predicted molar refractivity (Wildman–Crippen MR) is 72.1 cm³/mol. The third-order valence-corrected chi connectivity index (χ3v) is 2.36. The largest absolute Gasteiger partial charge is 0.389 e. The van der Waals surface area contributed by atoms with Gasteiger partial charge < -0.3 is 15.7 Å². The second-order valence-corrected chi connectivity index (χ2v) is 4.86. The number of rotatable bonds is 5. The number of aromatic nitrogens is 2. The Morgan fingerprint density at radius 2 is 2.06 bits per heavy atom. The van der Waals surface area contributed by atoms with E-state index in [0.717, 1.165) is 0 Å². The Hall–Kier alpha value is -1.27. The van der Waals surface area contributed by atoms with Gasteiger partial charge in [-0.05, 0) is 20.8 Å². The molecule has 0 saturated carbocycles. The van der Waals surface area contributed by atoms with E-state index in [-0.39, 0.29) is 4.99 Å². The summed E-state index contributed by atoms with van der Waals surface area (Å²) in [5, 5.41) is 9.86. The number of nitrogens with zero attached hydrogens (tertiary/aromatic N) is 3. The van der Waals surface area contributed by atoms with Crippen LogP contribution in [0.4, 0.5) is 5.82 Å². The van der Waals surface area contributed by atoms with Crippen LogP contribution in [0.1, 0.15) is 26.5 Å². The van der Waals surface area contributed by atoms with Crippen molar-refractivity contribution in [2.24, 2.45) is 5.73 Å². The summed E-state index contributed by atoms with van der Waals surface area (Å²) in [4.78, 5) is 10.5. The summed E-state index contributed by atoms with van der Waals surface area (Å²) in [6, 6.07) is 0. The van der Waals surface area contributed by atoms with Gasteiger partial charge in [0.1, 0.15) is 10.7 Å². The van der Waals surface area contributed by atoms with Gasteiger partial charge in [0.25, 0.3) is 0 Å². The zero-order valence-corrected chi connectivity index (χ0v) is 11.2. The van der Waals surface area contributed by atoms with Crippen LogP contribution in [0.2, 0.25) is 0 Å². The number of anilines is 1. The summed E-state index contributed by atoms with van der Waals surface area (Å²) >= 11 is 4.94. The van der Waals surface area contributed by atoms with Crippen molar-refractivity contribution in [2.75, 3.05) is 18.0 Å². The fraction of sp³-hybridized carbons (Fsp3) is 0.545. The van der Waals surface area contributed by atoms with Crippen molar-refractivity contribution in [3.63, 3.8) is 0 Å². The lowest BCUT2D eigenvalue weighted by atomic mass is 10.1. The molecule has 0 saturated heterocycles. The molecule has 0 radical (unpaired) electrons. The number of nitrogens with two attached hydrogens (primary N) is 1. The van der Waals surface area contributed by atoms with E-state index >= 15 is 0 Å². The molecule has 0 fully saturated rings. The van der Waals surface area contributed by atoms with E-state index in [1.807, 2.05) is 11.8 Å². The number of hydrogen-bond acceptors (Lipinski definition) is 5. The Labute approximate surface area is 107 Å². The molecule has 0 atom stereocenters. The third-order valence-electron chi connectivity index (χ3n) is 2.17. The first-order valence-electron chi connectivity index (χ1n) is 5.43. The summed E-state index contributed by atoms with van der Waals surface area (Å²) in [6.07, 6.45) is 3.14. The van der Waals surface area contributed by atoms with Crippen LogP contribution in [0.5, 0.6) is 0 Å². The first-order valence-corrected chi connectivity index (χ1v) is 5.84. The highest BCUT2D eigenvalue weighted by Crippen LogP contribution is 2.17. The molecule has 3 N–H and O–H groups in total. The van der Waals surface area contributed by atoms with Gasteiger partial charge in [0.05, 0.1) is 5.60 Å². The number of likely N-dealkylation sites (N-methyl/N-ethyl adjacent to an activating group) is 1. The molecular formula is C11H18N4OS. The normalized spacial score (nSPS) is 11.3. The standard InChI is InChI=1S/C11H18N4OS/c1-4-15(7-11(2,3)16)10-8(9(12)17)13-5-6-14-10/h5-6,16H,4,7H2,1-3H3,(H2,12,17). The number of hydrogen-bond donors (Lipinski definition) is 2. The maximum absolute atomic E-state index is 9.86. The minimum atomic E-state index is -0.818. The Morgan fingerprint density at radius 3 is 2.53 bits per heavy atom. The van der Waals surface area contributed by atoms with Gasteiger partial charge in [-0.25, -0.2) is 9.97 Å². The van der Waals surface area contributed by atoms with Gasteiger partial charge in [0.2, 0.25) is 0 Å². The highest BCUT2D eigenvalue weighted by atomic mass is 32.1. The summed E-state index contributed by atoms with van der Waals surface area (Å²) in [7, 11) is 0. The van der Waals surface area contributed by atoms with E-state index in [4.69, 9.17) is 18.0 Å². The molecule has 0 aliphatic rings. The summed E-state index contributed by atoms with van der Waals surface area (Å²) < 4.78 is 0. The van der Waals surface area contributed by atoms with E-state index < -0.39 is 5.60 Å². The van der Waals surface area contributed by atoms with Gasteiger partial charge in [-0.15, -0.1) is 0 Å². The van der Waals surface area contributed by atoms with Gasteiger partial charge in [0, 0.05) is 25.5 Å². The van der Waals surface area contributed by atoms with Gasteiger partial charge in [-0.1, -0.05) is 12.2 Å². The molecular weight excluding hydrogens is 236 g/mol. The quantitative estimate of drug-likeness (QED) is 0.754. The minimum Gasteiger partial charge on any atom is -0.389 e. The fourth-order valence-electron chi connectivity index (χ4n) is 1.54. The molecule has 0 bridgehead atoms. The second-order valence-electron chi connectivity index (χ2n) is 4.42. The zero-order valence-electron chi connectivity index (χ0n) is 10.3. The predicted octanol–water partition coefficient (Wildman–Crippen LogP) is 0.708. The SMILES string of the molecule is CCN(CC(C)(C)O)c1nccnc1C(N)=S. The molecule has 17 heavy (non-hydrogen) atoms. The van der Waals surface area contributed by atoms with E-state index in [2.05, 4.69) is 9.97 Å². The van der Waals surface area contributed by atoms with E-state index in [0.29, 0.717) is 24.6 Å². The molecule has 0 aromatic carbocycles. The molecule has 0 aliphatic heterocycles. The van der Waals surface area contributed by atoms with Crippen LogP contribution in [-0.4, -0.2) is 38.8 Å². The van der Waals surface area contributed by atoms with Crippen molar-refractivity contribution in [1.29, 1.82) is 0 Å². The highest BCUT2D eigenvalue weighted by molar-refractivity contribution is 7.80. The maximum atomic E-state index is 9.86. The molecule has 0 amide bonds. The molecule has 0 spiro atoms. The molecule has 1 aromatic rings. The molecule has 1 rings (SSSR count). The van der Waals surface area contributed by atoms with Crippen molar-refractivity contribution in [3.8, 4) is 0 Å². The molecule has 6 heteroatoms. The summed E-state index contributed by atoms with van der Waals surface area (Å²) in [5.41, 5.74) is 5.29. The van der Waals surface area contributed by atoms with Crippen molar-refractivity contribution < 1.29 is 5.11 Å². The van der Waals surface area contributed by atoms with Crippen LogP contribution in [0.3, 0.4) is 0 Å². The zero-order chi connectivity index (χ0) is 13.1. The lowest BCUT2D eigenvalue weighted by Crippen LogP contribution is -2.40. The molecule has 5 nitrogen and oxygen atoms in total. The Kier molecular flexibility index (Phi) is 4.36. The number of aliphatic hydroxyl groups is 1. The lowest BCUT2D eigenvalue weighted by molar-refractivity contribution is 0.0874. The van der Waals surface area contributed by atoms with Crippen LogP contribution in [-0.2, 0) is 0 Å². The second kappa shape index (κ2) is 5.37. The van der Waals surface area contributed by atoms with Crippen LogP contribution < -0.4 is 10.6 Å². The average Bonchev–Trinajstić information content (AvgIpc) is 2.24. The van der Waals surface area contributed by atoms with Gasteiger partial charge >= 0.3 is 0 Å². The van der Waals surface area contributed by atoms with Crippen LogP contribution >= 0.6 is 12.2 Å². The van der Waals surface area contributed by atoms with E-state index in [9.17, 15) is 5.11 Å². The Morgan fingerprint density at radius 1 is 1.47 bits per heavy atom. The van der Waals surface area contributed by atoms with Gasteiger partial charge in [0.15, 0.2) is 5.82 Å². The van der Waals surface area contributed by atoms with Crippen LogP contribution in [0.15, 0.2) is 12.4 Å². The summed E-state index contributed by atoms with van der Waals surface area (Å²) in [5.74, 6) is 0.615. The Balaban J connectivity index is 3.07. The maximum Gasteiger partial charge on any atom is 0.157 e. The number of thiocarbonyl (C=S) groups is 1. The topological polar surface area (TPSA) is 75.3 Å². The first kappa shape index (κ1) is 13.8. The average molecular weight is 254 g/mol. The Bertz CT molecular complexity index is 403. The molecule has 0 aliphatic carbocycles. The molecule has 94 valence electrons. The lowest BCUT2D eigenvalue weighted by Gasteiger charge is -2.29. The van der Waals surface area contributed by atoms with Crippen LogP contribution in [0, 0.1) is 0 Å². The first-order chi connectivity index (χ1) is 7.85. The monoisotopic (exact) mass is 254 g/mol. The van der Waals surface area contributed by atoms with Crippen molar-refractivity contribution in [3.05, 3.63) is 18.1 Å². The minimum absolute atomic E-state index is 0.210. The molecule has 1 aromatic heterocycles. The highest BCUT2D eigenvalue weighted by Gasteiger charge is 2.21. The summed E-state index contributed by atoms with van der Waals surface area (Å²) in [6.45, 7) is 6.60. The third kappa shape index (κ3) is 3.90. The van der Waals surface area contributed by atoms with Crippen molar-refractivity contribution in [2.45, 2.75) is 26.4 Å². The van der Waals surface area contributed by atoms with Crippen LogP contribution in [0.25, 0.3) is 0 Å². The molecule has 1 heterocycles. The van der Waals surface area contributed by atoms with Crippen molar-refractivity contribution >= 4 is 23.0 Å². The van der Waals surface area contributed by atoms with E-state index in [1.165, 1.54) is 0 Å². The smallest absolute Gasteiger partial charge is 0.157 e. The van der Waals surface area contributed by atoms with Gasteiger partial charge in [-0.2, -0.15) is 0 Å². The molecule has 0 unspecified atom stereocenters.